The zero-order chi connectivity index (χ0) is 22.6. The van der Waals surface area contributed by atoms with Crippen LogP contribution in [0.5, 0.6) is 0 Å². The van der Waals surface area contributed by atoms with Gasteiger partial charge in [-0.05, 0) is 50.1 Å². The lowest BCUT2D eigenvalue weighted by Crippen LogP contribution is -2.16. The van der Waals surface area contributed by atoms with Crippen molar-refractivity contribution in [3.8, 4) is 0 Å². The van der Waals surface area contributed by atoms with Crippen molar-refractivity contribution in [2.24, 2.45) is 0 Å². The van der Waals surface area contributed by atoms with E-state index in [1.165, 1.54) is 36.4 Å². The maximum atomic E-state index is 13.8. The highest BCUT2D eigenvalue weighted by atomic mass is 32.2. The van der Waals surface area contributed by atoms with Crippen LogP contribution >= 0.6 is 0 Å². The normalized spacial score (nSPS) is 12.4. The van der Waals surface area contributed by atoms with Crippen LogP contribution in [0.3, 0.4) is 0 Å². The van der Waals surface area contributed by atoms with E-state index >= 15 is 0 Å². The van der Waals surface area contributed by atoms with Gasteiger partial charge in [-0.2, -0.15) is 4.98 Å². The summed E-state index contributed by atoms with van der Waals surface area (Å²) in [5.74, 6) is -0.792. The van der Waals surface area contributed by atoms with E-state index in [0.717, 1.165) is 12.5 Å². The molecular formula is C21H22FN3O5S. The molecule has 1 aromatic heterocycles. The number of esters is 1. The molecule has 3 rings (SSSR count). The van der Waals surface area contributed by atoms with Gasteiger partial charge in [0.05, 0.1) is 16.1 Å². The minimum atomic E-state index is -4.13. The molecule has 164 valence electrons. The Kier molecular flexibility index (Phi) is 6.69. The molecule has 0 aliphatic heterocycles. The Morgan fingerprint density at radius 1 is 1.26 bits per heavy atom. The van der Waals surface area contributed by atoms with E-state index in [1.54, 1.807) is 13.8 Å². The second-order valence-corrected chi connectivity index (χ2v) is 8.59. The highest BCUT2D eigenvalue weighted by molar-refractivity contribution is 7.92. The van der Waals surface area contributed by atoms with Crippen molar-refractivity contribution in [3.05, 3.63) is 71.1 Å². The van der Waals surface area contributed by atoms with Crippen molar-refractivity contribution in [2.75, 3.05) is 4.72 Å². The van der Waals surface area contributed by atoms with Gasteiger partial charge < -0.3 is 9.26 Å². The molecule has 1 heterocycles. The van der Waals surface area contributed by atoms with Crippen LogP contribution in [-0.4, -0.2) is 24.5 Å². The largest absolute Gasteiger partial charge is 0.449 e. The first kappa shape index (κ1) is 22.4. The minimum Gasteiger partial charge on any atom is -0.449 e. The molecular weight excluding hydrogens is 425 g/mol. The first-order valence-corrected chi connectivity index (χ1v) is 11.1. The third-order valence-electron chi connectivity index (χ3n) is 4.45. The molecule has 10 heteroatoms. The van der Waals surface area contributed by atoms with Crippen molar-refractivity contribution in [3.63, 3.8) is 0 Å². The average Bonchev–Trinajstić information content (AvgIpc) is 3.19. The maximum absolute atomic E-state index is 13.8. The monoisotopic (exact) mass is 447 g/mol. The maximum Gasteiger partial charge on any atom is 0.339 e. The SMILES string of the molecule is CCCc1noc(C(C)OC(=O)c2cc(S(=O)(=O)Nc3ccccc3F)ccc2C)n1. The number of ether oxygens (including phenoxy) is 1. The summed E-state index contributed by atoms with van der Waals surface area (Å²) in [6.07, 6.45) is 0.661. The Bertz CT molecular complexity index is 1190. The summed E-state index contributed by atoms with van der Waals surface area (Å²) in [7, 11) is -4.13. The molecule has 0 radical (unpaired) electrons. The number of hydrogen-bond acceptors (Lipinski definition) is 7. The third kappa shape index (κ3) is 5.26. The van der Waals surface area contributed by atoms with E-state index in [4.69, 9.17) is 9.26 Å². The van der Waals surface area contributed by atoms with Crippen LogP contribution in [0.4, 0.5) is 10.1 Å². The van der Waals surface area contributed by atoms with Gasteiger partial charge in [-0.3, -0.25) is 4.72 Å². The molecule has 2 aromatic carbocycles. The molecule has 1 atom stereocenters. The first-order valence-electron chi connectivity index (χ1n) is 9.62. The Hall–Kier alpha value is -3.27. The molecule has 1 unspecified atom stereocenters. The van der Waals surface area contributed by atoms with Gasteiger partial charge in [0.25, 0.3) is 15.9 Å². The van der Waals surface area contributed by atoms with Crippen molar-refractivity contribution in [2.45, 2.75) is 44.6 Å². The van der Waals surface area contributed by atoms with Gasteiger partial charge in [-0.1, -0.05) is 30.3 Å². The molecule has 0 aliphatic rings. The molecule has 0 amide bonds. The Labute approximate surface area is 179 Å². The number of aromatic nitrogens is 2. The van der Waals surface area contributed by atoms with Crippen molar-refractivity contribution < 1.29 is 26.9 Å². The number of anilines is 1. The van der Waals surface area contributed by atoms with Crippen molar-refractivity contribution in [1.29, 1.82) is 0 Å². The van der Waals surface area contributed by atoms with Gasteiger partial charge in [0.15, 0.2) is 11.9 Å². The number of sulfonamides is 1. The van der Waals surface area contributed by atoms with Gasteiger partial charge in [-0.15, -0.1) is 0 Å². The second-order valence-electron chi connectivity index (χ2n) is 6.91. The number of rotatable bonds is 8. The smallest absolute Gasteiger partial charge is 0.339 e. The van der Waals surface area contributed by atoms with Crippen LogP contribution in [0.25, 0.3) is 0 Å². The Morgan fingerprint density at radius 2 is 2.00 bits per heavy atom. The summed E-state index contributed by atoms with van der Waals surface area (Å²) < 4.78 is 51.9. The number of benzene rings is 2. The highest BCUT2D eigenvalue weighted by Gasteiger charge is 2.23. The minimum absolute atomic E-state index is 0.0524. The fourth-order valence-corrected chi connectivity index (χ4v) is 3.86. The van der Waals surface area contributed by atoms with Crippen molar-refractivity contribution in [1.82, 2.24) is 10.1 Å². The van der Waals surface area contributed by atoms with E-state index < -0.39 is 27.9 Å². The predicted octanol–water partition coefficient (Wildman–Crippen LogP) is 4.19. The number of hydrogen-bond donors (Lipinski definition) is 1. The Balaban J connectivity index is 1.81. The van der Waals surface area contributed by atoms with Crippen LogP contribution in [0.2, 0.25) is 0 Å². The fourth-order valence-electron chi connectivity index (χ4n) is 2.77. The van der Waals surface area contributed by atoms with E-state index in [9.17, 15) is 17.6 Å². The van der Waals surface area contributed by atoms with E-state index in [2.05, 4.69) is 14.9 Å². The lowest BCUT2D eigenvalue weighted by atomic mass is 10.1. The molecule has 0 saturated heterocycles. The number of carbonyl (C=O) groups is 1. The number of aryl methyl sites for hydroxylation is 2. The van der Waals surface area contributed by atoms with Gasteiger partial charge >= 0.3 is 5.97 Å². The second kappa shape index (κ2) is 9.25. The van der Waals surface area contributed by atoms with Gasteiger partial charge in [0, 0.05) is 6.42 Å². The standard InChI is InChI=1S/C21H22FN3O5S/c1-4-7-19-23-20(30-24-19)14(3)29-21(26)16-12-15(11-10-13(16)2)31(27,28)25-18-9-6-5-8-17(18)22/h5-6,8-12,14,25H,4,7H2,1-3H3. The van der Waals surface area contributed by atoms with Gasteiger partial charge in [-0.25, -0.2) is 17.6 Å². The fraction of sp³-hybridized carbons (Fsp3) is 0.286. The molecule has 0 saturated carbocycles. The van der Waals surface area contributed by atoms with Crippen LogP contribution < -0.4 is 4.72 Å². The average molecular weight is 447 g/mol. The van der Waals surface area contributed by atoms with Gasteiger partial charge in [0.1, 0.15) is 5.82 Å². The van der Waals surface area contributed by atoms with Crippen molar-refractivity contribution >= 4 is 21.7 Å². The quantitative estimate of drug-likeness (QED) is 0.515. The number of halogens is 1. The van der Waals surface area contributed by atoms with E-state index in [1.807, 2.05) is 6.92 Å². The van der Waals surface area contributed by atoms with Crippen LogP contribution in [0.15, 0.2) is 51.9 Å². The highest BCUT2D eigenvalue weighted by Crippen LogP contribution is 2.23. The summed E-state index contributed by atoms with van der Waals surface area (Å²) >= 11 is 0. The van der Waals surface area contributed by atoms with Crippen LogP contribution in [-0.2, 0) is 21.2 Å². The molecule has 0 aliphatic carbocycles. The summed E-state index contributed by atoms with van der Waals surface area (Å²) in [5.41, 5.74) is 0.371. The first-order chi connectivity index (χ1) is 14.7. The summed E-state index contributed by atoms with van der Waals surface area (Å²) in [6.45, 7) is 5.20. The molecule has 8 nitrogen and oxygen atoms in total. The molecule has 1 N–H and O–H groups in total. The summed E-state index contributed by atoms with van der Waals surface area (Å²) in [6, 6.07) is 9.38. The zero-order valence-electron chi connectivity index (χ0n) is 17.3. The lowest BCUT2D eigenvalue weighted by molar-refractivity contribution is 0.0264. The zero-order valence-corrected chi connectivity index (χ0v) is 18.1. The third-order valence-corrected chi connectivity index (χ3v) is 5.81. The molecule has 0 bridgehead atoms. The number of para-hydroxylation sites is 1. The summed E-state index contributed by atoms with van der Waals surface area (Å²) in [5, 5.41) is 3.82. The lowest BCUT2D eigenvalue weighted by Gasteiger charge is -2.13. The van der Waals surface area contributed by atoms with Crippen LogP contribution in [0, 0.1) is 12.7 Å². The van der Waals surface area contributed by atoms with Crippen LogP contribution in [0.1, 0.15) is 54.0 Å². The Morgan fingerprint density at radius 3 is 2.71 bits per heavy atom. The number of nitrogens with zero attached hydrogens (tertiary/aromatic N) is 2. The molecule has 0 fully saturated rings. The molecule has 3 aromatic rings. The van der Waals surface area contributed by atoms with E-state index in [-0.39, 0.29) is 22.0 Å². The number of nitrogens with one attached hydrogen (secondary N) is 1. The summed E-state index contributed by atoms with van der Waals surface area (Å²) in [4.78, 5) is 16.7. The topological polar surface area (TPSA) is 111 Å². The molecule has 31 heavy (non-hydrogen) atoms. The molecule has 0 spiro atoms. The predicted molar refractivity (Wildman–Crippen MR) is 111 cm³/mol. The number of carbonyl (C=O) groups excluding carboxylic acids is 1. The van der Waals surface area contributed by atoms with E-state index in [0.29, 0.717) is 17.8 Å². The van der Waals surface area contributed by atoms with Gasteiger partial charge in [0.2, 0.25) is 0 Å².